The molecule has 0 unspecified atom stereocenters. The fourth-order valence-electron chi connectivity index (χ4n) is 2.80. The summed E-state index contributed by atoms with van der Waals surface area (Å²) in [6.07, 6.45) is 2.80. The number of fused-ring (bicyclic) bond motifs is 1. The molecule has 1 aliphatic rings. The molecule has 0 atom stereocenters. The van der Waals surface area contributed by atoms with Gasteiger partial charge in [-0.2, -0.15) is 5.10 Å². The summed E-state index contributed by atoms with van der Waals surface area (Å²) in [7, 11) is 1.55. The highest BCUT2D eigenvalue weighted by Crippen LogP contribution is 2.25. The van der Waals surface area contributed by atoms with E-state index in [1.54, 1.807) is 17.7 Å². The summed E-state index contributed by atoms with van der Waals surface area (Å²) < 4.78 is 8.13. The largest absolute Gasteiger partial charge is 0.495 e. The Labute approximate surface area is 133 Å². The molecule has 1 aromatic carbocycles. The fraction of sp³-hybridized carbons (Fsp3) is 0.438. The third kappa shape index (κ3) is 3.13. The van der Waals surface area contributed by atoms with Gasteiger partial charge in [-0.3, -0.25) is 9.36 Å². The van der Waals surface area contributed by atoms with Crippen LogP contribution in [0.15, 0.2) is 23.0 Å². The van der Waals surface area contributed by atoms with Gasteiger partial charge in [-0.25, -0.2) is 9.48 Å². The number of amides is 1. The first-order chi connectivity index (χ1) is 11.1. The van der Waals surface area contributed by atoms with E-state index in [-0.39, 0.29) is 18.1 Å². The van der Waals surface area contributed by atoms with Crippen LogP contribution in [-0.2, 0) is 24.3 Å². The SMILES string of the molecule is COc1ccc(C)cc1NC(=O)Cn1nc2n(c1=O)CCCC2. The molecule has 0 saturated heterocycles. The van der Waals surface area contributed by atoms with Gasteiger partial charge in [-0.05, 0) is 37.5 Å². The number of carbonyl (C=O) groups excluding carboxylic acids is 1. The number of rotatable bonds is 4. The predicted molar refractivity (Wildman–Crippen MR) is 85.8 cm³/mol. The number of carbonyl (C=O) groups is 1. The molecule has 0 spiro atoms. The molecular formula is C16H20N4O3. The third-order valence-electron chi connectivity index (χ3n) is 3.95. The first-order valence-corrected chi connectivity index (χ1v) is 7.69. The Hall–Kier alpha value is -2.57. The number of hydrogen-bond donors (Lipinski definition) is 1. The van der Waals surface area contributed by atoms with Crippen LogP contribution in [0.2, 0.25) is 0 Å². The number of hydrogen-bond acceptors (Lipinski definition) is 4. The molecule has 0 bridgehead atoms. The Morgan fingerprint density at radius 3 is 2.96 bits per heavy atom. The average molecular weight is 316 g/mol. The van der Waals surface area contributed by atoms with E-state index in [9.17, 15) is 9.59 Å². The Balaban J connectivity index is 1.77. The number of methoxy groups -OCH3 is 1. The molecule has 1 aromatic heterocycles. The Morgan fingerprint density at radius 1 is 1.39 bits per heavy atom. The number of aryl methyl sites for hydroxylation is 2. The molecule has 0 saturated carbocycles. The molecule has 7 nitrogen and oxygen atoms in total. The summed E-state index contributed by atoms with van der Waals surface area (Å²) in [5, 5.41) is 7.05. The minimum atomic E-state index is -0.300. The number of nitrogens with zero attached hydrogens (tertiary/aromatic N) is 3. The van der Waals surface area contributed by atoms with Crippen LogP contribution in [0.4, 0.5) is 5.69 Å². The van der Waals surface area contributed by atoms with Crippen LogP contribution < -0.4 is 15.7 Å². The molecule has 2 heterocycles. The van der Waals surface area contributed by atoms with E-state index in [1.807, 2.05) is 19.1 Å². The van der Waals surface area contributed by atoms with E-state index >= 15 is 0 Å². The molecule has 23 heavy (non-hydrogen) atoms. The van der Waals surface area contributed by atoms with Crippen molar-refractivity contribution < 1.29 is 9.53 Å². The van der Waals surface area contributed by atoms with E-state index in [4.69, 9.17) is 4.74 Å². The molecule has 0 fully saturated rings. The van der Waals surface area contributed by atoms with Crippen molar-refractivity contribution in [2.45, 2.75) is 39.3 Å². The second kappa shape index (κ2) is 6.28. The van der Waals surface area contributed by atoms with Crippen molar-refractivity contribution in [2.24, 2.45) is 0 Å². The summed E-state index contributed by atoms with van der Waals surface area (Å²) >= 11 is 0. The van der Waals surface area contributed by atoms with Gasteiger partial charge in [0.25, 0.3) is 0 Å². The molecule has 1 N–H and O–H groups in total. The molecule has 0 aliphatic carbocycles. The maximum Gasteiger partial charge on any atom is 0.346 e. The van der Waals surface area contributed by atoms with Crippen molar-refractivity contribution >= 4 is 11.6 Å². The zero-order valence-electron chi connectivity index (χ0n) is 13.3. The van der Waals surface area contributed by atoms with Gasteiger partial charge in [0.2, 0.25) is 5.91 Å². The van der Waals surface area contributed by atoms with Gasteiger partial charge < -0.3 is 10.1 Å². The van der Waals surface area contributed by atoms with Crippen molar-refractivity contribution in [3.8, 4) is 5.75 Å². The second-order valence-electron chi connectivity index (χ2n) is 5.72. The Kier molecular flexibility index (Phi) is 4.18. The van der Waals surface area contributed by atoms with E-state index in [0.717, 1.165) is 30.7 Å². The van der Waals surface area contributed by atoms with Crippen LogP contribution in [-0.4, -0.2) is 27.4 Å². The quantitative estimate of drug-likeness (QED) is 0.923. The molecule has 2 aromatic rings. The second-order valence-corrected chi connectivity index (χ2v) is 5.72. The van der Waals surface area contributed by atoms with Crippen molar-refractivity contribution in [2.75, 3.05) is 12.4 Å². The van der Waals surface area contributed by atoms with Gasteiger partial charge in [-0.15, -0.1) is 0 Å². The number of benzene rings is 1. The van der Waals surface area contributed by atoms with Crippen LogP contribution in [0.3, 0.4) is 0 Å². The minimum Gasteiger partial charge on any atom is -0.495 e. The van der Waals surface area contributed by atoms with Gasteiger partial charge in [0.05, 0.1) is 12.8 Å². The smallest absolute Gasteiger partial charge is 0.346 e. The number of anilines is 1. The Morgan fingerprint density at radius 2 is 2.22 bits per heavy atom. The maximum absolute atomic E-state index is 12.3. The molecular weight excluding hydrogens is 296 g/mol. The van der Waals surface area contributed by atoms with Crippen molar-refractivity contribution in [3.05, 3.63) is 40.1 Å². The van der Waals surface area contributed by atoms with Crippen molar-refractivity contribution in [1.82, 2.24) is 14.3 Å². The average Bonchev–Trinajstić information content (AvgIpc) is 2.84. The first kappa shape index (κ1) is 15.3. The topological polar surface area (TPSA) is 78.2 Å². The highest BCUT2D eigenvalue weighted by Gasteiger charge is 2.18. The van der Waals surface area contributed by atoms with Gasteiger partial charge >= 0.3 is 5.69 Å². The lowest BCUT2D eigenvalue weighted by molar-refractivity contribution is -0.117. The van der Waals surface area contributed by atoms with Crippen molar-refractivity contribution in [3.63, 3.8) is 0 Å². The molecule has 122 valence electrons. The van der Waals surface area contributed by atoms with E-state index < -0.39 is 0 Å². The lowest BCUT2D eigenvalue weighted by Gasteiger charge is -2.10. The Bertz CT molecular complexity index is 791. The van der Waals surface area contributed by atoms with Crippen LogP contribution in [0.25, 0.3) is 0 Å². The van der Waals surface area contributed by atoms with Crippen LogP contribution in [0.1, 0.15) is 24.2 Å². The fourth-order valence-corrected chi connectivity index (χ4v) is 2.80. The number of aromatic nitrogens is 3. The van der Waals surface area contributed by atoms with E-state index in [2.05, 4.69) is 10.4 Å². The summed E-state index contributed by atoms with van der Waals surface area (Å²) in [4.78, 5) is 24.5. The van der Waals surface area contributed by atoms with Crippen LogP contribution >= 0.6 is 0 Å². The monoisotopic (exact) mass is 316 g/mol. The van der Waals surface area contributed by atoms with Crippen LogP contribution in [0.5, 0.6) is 5.75 Å². The summed E-state index contributed by atoms with van der Waals surface area (Å²) in [5.74, 6) is 1.05. The highest BCUT2D eigenvalue weighted by molar-refractivity contribution is 5.92. The minimum absolute atomic E-state index is 0.101. The number of ether oxygens (including phenoxy) is 1. The summed E-state index contributed by atoms with van der Waals surface area (Å²) in [5.41, 5.74) is 1.39. The number of nitrogens with one attached hydrogen (secondary N) is 1. The van der Waals surface area contributed by atoms with E-state index in [1.165, 1.54) is 4.68 Å². The molecule has 0 radical (unpaired) electrons. The predicted octanol–water partition coefficient (Wildman–Crippen LogP) is 1.34. The van der Waals surface area contributed by atoms with Crippen molar-refractivity contribution in [1.29, 1.82) is 0 Å². The standard InChI is InChI=1S/C16H20N4O3/c1-11-6-7-13(23-2)12(9-11)17-15(21)10-20-16(22)19-8-4-3-5-14(19)18-20/h6-7,9H,3-5,8,10H2,1-2H3,(H,17,21). The molecule has 1 amide bonds. The van der Waals surface area contributed by atoms with Gasteiger partial charge in [0.1, 0.15) is 18.1 Å². The lowest BCUT2D eigenvalue weighted by atomic mass is 10.2. The normalized spacial score (nSPS) is 13.5. The first-order valence-electron chi connectivity index (χ1n) is 7.69. The molecule has 3 rings (SSSR count). The zero-order chi connectivity index (χ0) is 16.4. The van der Waals surface area contributed by atoms with Gasteiger partial charge in [-0.1, -0.05) is 6.07 Å². The molecule has 1 aliphatic heterocycles. The van der Waals surface area contributed by atoms with Crippen LogP contribution in [0, 0.1) is 6.92 Å². The van der Waals surface area contributed by atoms with E-state index in [0.29, 0.717) is 18.0 Å². The summed E-state index contributed by atoms with van der Waals surface area (Å²) in [6, 6.07) is 5.53. The summed E-state index contributed by atoms with van der Waals surface area (Å²) in [6.45, 7) is 2.51. The third-order valence-corrected chi connectivity index (χ3v) is 3.95. The van der Waals surface area contributed by atoms with Gasteiger partial charge in [0.15, 0.2) is 0 Å². The lowest BCUT2D eigenvalue weighted by Crippen LogP contribution is -2.31. The zero-order valence-corrected chi connectivity index (χ0v) is 13.3. The van der Waals surface area contributed by atoms with Gasteiger partial charge in [0, 0.05) is 13.0 Å². The maximum atomic E-state index is 12.3. The highest BCUT2D eigenvalue weighted by atomic mass is 16.5. The molecule has 7 heteroatoms.